The van der Waals surface area contributed by atoms with Crippen LogP contribution in [0.2, 0.25) is 0 Å². The van der Waals surface area contributed by atoms with Crippen LogP contribution in [0.5, 0.6) is 11.9 Å². The zero-order valence-electron chi connectivity index (χ0n) is 10.9. The summed E-state index contributed by atoms with van der Waals surface area (Å²) in [5.41, 5.74) is 2.50. The Morgan fingerprint density at radius 3 is 2.70 bits per heavy atom. The average Bonchev–Trinajstić information content (AvgIpc) is 2.86. The topological polar surface area (TPSA) is 92.9 Å². The highest BCUT2D eigenvalue weighted by molar-refractivity contribution is 5.90. The first-order valence-corrected chi connectivity index (χ1v) is 5.89. The molecule has 2 aromatic heterocycles. The minimum atomic E-state index is -0.263. The van der Waals surface area contributed by atoms with Crippen molar-refractivity contribution < 1.29 is 9.47 Å². The molecule has 0 aliphatic rings. The van der Waals surface area contributed by atoms with Crippen LogP contribution in [0.25, 0.3) is 22.3 Å². The lowest BCUT2D eigenvalue weighted by atomic mass is 10.1. The number of hydrogen-bond acceptors (Lipinski definition) is 5. The molecule has 7 heteroatoms. The molecule has 0 atom stereocenters. The van der Waals surface area contributed by atoms with E-state index in [0.29, 0.717) is 22.6 Å². The van der Waals surface area contributed by atoms with Gasteiger partial charge in [-0.25, -0.2) is 4.79 Å². The number of ether oxygens (including phenoxy) is 2. The first-order chi connectivity index (χ1) is 9.71. The molecule has 3 rings (SSSR count). The predicted molar refractivity (Wildman–Crippen MR) is 73.0 cm³/mol. The number of H-pyrrole nitrogens is 2. The van der Waals surface area contributed by atoms with E-state index < -0.39 is 0 Å². The Morgan fingerprint density at radius 1 is 1.10 bits per heavy atom. The predicted octanol–water partition coefficient (Wildman–Crippen LogP) is 1.33. The highest BCUT2D eigenvalue weighted by Crippen LogP contribution is 2.27. The lowest BCUT2D eigenvalue weighted by molar-refractivity contribution is 0.353. The third-order valence-corrected chi connectivity index (χ3v) is 2.90. The molecule has 7 nitrogen and oxygen atoms in total. The van der Waals surface area contributed by atoms with Crippen LogP contribution in [0.1, 0.15) is 0 Å². The second-order valence-corrected chi connectivity index (χ2v) is 4.09. The molecular formula is C13H12N4O3. The lowest BCUT2D eigenvalue weighted by Crippen LogP contribution is -2.00. The molecule has 20 heavy (non-hydrogen) atoms. The fourth-order valence-electron chi connectivity index (χ4n) is 2.01. The van der Waals surface area contributed by atoms with Gasteiger partial charge in [0.15, 0.2) is 0 Å². The van der Waals surface area contributed by atoms with Crippen LogP contribution in [0.4, 0.5) is 0 Å². The minimum absolute atomic E-state index is 0.203. The van der Waals surface area contributed by atoms with E-state index in [2.05, 4.69) is 19.9 Å². The summed E-state index contributed by atoms with van der Waals surface area (Å²) in [5.74, 6) is 0.390. The van der Waals surface area contributed by atoms with Crippen molar-refractivity contribution in [2.45, 2.75) is 0 Å². The maximum Gasteiger partial charge on any atom is 0.323 e. The summed E-state index contributed by atoms with van der Waals surface area (Å²) in [6, 6.07) is 7.39. The smallest absolute Gasteiger partial charge is 0.323 e. The molecule has 0 aliphatic carbocycles. The van der Waals surface area contributed by atoms with Gasteiger partial charge in [-0.3, -0.25) is 0 Å². The quantitative estimate of drug-likeness (QED) is 0.750. The molecule has 102 valence electrons. The first kappa shape index (κ1) is 12.2. The second-order valence-electron chi connectivity index (χ2n) is 4.09. The molecule has 0 saturated carbocycles. The molecule has 0 fully saturated rings. The number of hydrogen-bond donors (Lipinski definition) is 2. The summed E-state index contributed by atoms with van der Waals surface area (Å²) in [5, 5.41) is 0. The SMILES string of the molecule is COc1cc(-c2cccc3[nH]c(=O)[nH]c23)nc(OC)n1. The molecular weight excluding hydrogens is 260 g/mol. The number of imidazole rings is 1. The molecule has 0 aliphatic heterocycles. The Labute approximate surface area is 113 Å². The van der Waals surface area contributed by atoms with Gasteiger partial charge in [0.1, 0.15) is 0 Å². The molecule has 1 aromatic carbocycles. The van der Waals surface area contributed by atoms with Crippen molar-refractivity contribution in [2.75, 3.05) is 14.2 Å². The van der Waals surface area contributed by atoms with Gasteiger partial charge >= 0.3 is 11.7 Å². The monoisotopic (exact) mass is 272 g/mol. The second kappa shape index (κ2) is 4.69. The number of rotatable bonds is 3. The molecule has 2 heterocycles. The van der Waals surface area contributed by atoms with Gasteiger partial charge in [-0.15, -0.1) is 0 Å². The van der Waals surface area contributed by atoms with Crippen molar-refractivity contribution in [2.24, 2.45) is 0 Å². The number of aromatic nitrogens is 4. The van der Waals surface area contributed by atoms with E-state index in [1.807, 2.05) is 18.2 Å². The highest BCUT2D eigenvalue weighted by Gasteiger charge is 2.11. The number of nitrogens with zero attached hydrogens (tertiary/aromatic N) is 2. The average molecular weight is 272 g/mol. The number of nitrogens with one attached hydrogen (secondary N) is 2. The van der Waals surface area contributed by atoms with Crippen LogP contribution in [0.15, 0.2) is 29.1 Å². The summed E-state index contributed by atoms with van der Waals surface area (Å²) < 4.78 is 10.2. The molecule has 0 spiro atoms. The fraction of sp³-hybridized carbons (Fsp3) is 0.154. The lowest BCUT2D eigenvalue weighted by Gasteiger charge is -2.07. The zero-order valence-corrected chi connectivity index (χ0v) is 10.9. The maximum absolute atomic E-state index is 11.4. The molecule has 0 amide bonds. The maximum atomic E-state index is 11.4. The van der Waals surface area contributed by atoms with E-state index in [0.717, 1.165) is 5.56 Å². The van der Waals surface area contributed by atoms with Gasteiger partial charge < -0.3 is 19.4 Å². The first-order valence-electron chi connectivity index (χ1n) is 5.89. The van der Waals surface area contributed by atoms with Gasteiger partial charge in [0.05, 0.1) is 30.9 Å². The van der Waals surface area contributed by atoms with E-state index in [4.69, 9.17) is 9.47 Å². The molecule has 3 aromatic rings. The summed E-state index contributed by atoms with van der Waals surface area (Å²) in [6.45, 7) is 0. The van der Waals surface area contributed by atoms with Gasteiger partial charge in [0.2, 0.25) is 5.88 Å². The van der Waals surface area contributed by atoms with Crippen LogP contribution in [0.3, 0.4) is 0 Å². The van der Waals surface area contributed by atoms with Gasteiger partial charge in [-0.2, -0.15) is 9.97 Å². The van der Waals surface area contributed by atoms with Gasteiger partial charge in [0.25, 0.3) is 0 Å². The van der Waals surface area contributed by atoms with Crippen molar-refractivity contribution >= 4 is 11.0 Å². The molecule has 0 bridgehead atoms. The molecule has 2 N–H and O–H groups in total. The van der Waals surface area contributed by atoms with Crippen molar-refractivity contribution in [3.8, 4) is 23.1 Å². The Bertz CT molecular complexity index is 800. The zero-order chi connectivity index (χ0) is 14.1. The van der Waals surface area contributed by atoms with Gasteiger partial charge in [-0.05, 0) is 6.07 Å². The Morgan fingerprint density at radius 2 is 1.95 bits per heavy atom. The van der Waals surface area contributed by atoms with Crippen LogP contribution < -0.4 is 15.2 Å². The van der Waals surface area contributed by atoms with Crippen LogP contribution in [-0.4, -0.2) is 34.2 Å². The number of aromatic amines is 2. The van der Waals surface area contributed by atoms with Crippen LogP contribution in [0, 0.1) is 0 Å². The van der Waals surface area contributed by atoms with Crippen molar-refractivity contribution in [1.82, 2.24) is 19.9 Å². The van der Waals surface area contributed by atoms with Gasteiger partial charge in [0, 0.05) is 11.6 Å². The van der Waals surface area contributed by atoms with Crippen molar-refractivity contribution in [3.63, 3.8) is 0 Å². The van der Waals surface area contributed by atoms with E-state index >= 15 is 0 Å². The third kappa shape index (κ3) is 1.99. The summed E-state index contributed by atoms with van der Waals surface area (Å²) in [6.07, 6.45) is 0. The highest BCUT2D eigenvalue weighted by atomic mass is 16.5. The largest absolute Gasteiger partial charge is 0.481 e. The Balaban J connectivity index is 2.27. The third-order valence-electron chi connectivity index (χ3n) is 2.90. The summed E-state index contributed by atoms with van der Waals surface area (Å²) in [7, 11) is 3.00. The standard InChI is InChI=1S/C13H12N4O3/c1-19-10-6-9(15-13(16-10)20-2)7-4-3-5-8-11(7)17-12(18)14-8/h3-6H,1-2H3,(H2,14,17,18). The summed E-state index contributed by atoms with van der Waals surface area (Å²) >= 11 is 0. The number of methoxy groups -OCH3 is 2. The van der Waals surface area contributed by atoms with Crippen molar-refractivity contribution in [3.05, 3.63) is 34.7 Å². The van der Waals surface area contributed by atoms with E-state index in [1.165, 1.54) is 14.2 Å². The minimum Gasteiger partial charge on any atom is -0.481 e. The van der Waals surface area contributed by atoms with Gasteiger partial charge in [-0.1, -0.05) is 12.1 Å². The Kier molecular flexibility index (Phi) is 2.86. The number of benzene rings is 1. The van der Waals surface area contributed by atoms with E-state index in [9.17, 15) is 4.79 Å². The fourth-order valence-corrected chi connectivity index (χ4v) is 2.01. The molecule has 0 saturated heterocycles. The van der Waals surface area contributed by atoms with E-state index in [1.54, 1.807) is 6.07 Å². The normalized spacial score (nSPS) is 10.7. The van der Waals surface area contributed by atoms with E-state index in [-0.39, 0.29) is 11.7 Å². The van der Waals surface area contributed by atoms with Crippen LogP contribution >= 0.6 is 0 Å². The molecule has 0 unspecified atom stereocenters. The Hall–Kier alpha value is -2.83. The van der Waals surface area contributed by atoms with Crippen LogP contribution in [-0.2, 0) is 0 Å². The molecule has 0 radical (unpaired) electrons. The number of para-hydroxylation sites is 1. The number of fused-ring (bicyclic) bond motifs is 1. The van der Waals surface area contributed by atoms with Crippen molar-refractivity contribution in [1.29, 1.82) is 0 Å². The summed E-state index contributed by atoms with van der Waals surface area (Å²) in [4.78, 5) is 25.2.